The van der Waals surface area contributed by atoms with Gasteiger partial charge in [-0.1, -0.05) is 48.5 Å². The van der Waals surface area contributed by atoms with Gasteiger partial charge in [0.25, 0.3) is 5.91 Å². The van der Waals surface area contributed by atoms with Crippen LogP contribution >= 0.6 is 11.3 Å². The molecule has 0 spiro atoms. The average Bonchev–Trinajstić information content (AvgIpc) is 3.11. The third kappa shape index (κ3) is 4.30. The van der Waals surface area contributed by atoms with E-state index in [0.717, 1.165) is 11.3 Å². The fourth-order valence-corrected chi connectivity index (χ4v) is 2.94. The summed E-state index contributed by atoms with van der Waals surface area (Å²) in [5.41, 5.74) is 2.31. The second-order valence-electron chi connectivity index (χ2n) is 5.45. The minimum Gasteiger partial charge on any atom is -0.341 e. The Kier molecular flexibility index (Phi) is 5.20. The minimum atomic E-state index is -0.670. The number of nitrogens with zero attached hydrogens (tertiary/aromatic N) is 1. The van der Waals surface area contributed by atoms with Crippen molar-refractivity contribution in [2.75, 3.05) is 5.32 Å². The molecule has 0 aliphatic heterocycles. The van der Waals surface area contributed by atoms with Gasteiger partial charge in [-0.2, -0.15) is 0 Å². The summed E-state index contributed by atoms with van der Waals surface area (Å²) in [7, 11) is 0. The molecule has 0 saturated heterocycles. The van der Waals surface area contributed by atoms with Gasteiger partial charge in [-0.25, -0.2) is 4.98 Å². The summed E-state index contributed by atoms with van der Waals surface area (Å²) in [6, 6.07) is 17.9. The van der Waals surface area contributed by atoms with Crippen molar-refractivity contribution in [2.45, 2.75) is 13.0 Å². The van der Waals surface area contributed by atoms with Crippen LogP contribution in [0.25, 0.3) is 11.3 Å². The number of hydrogen-bond acceptors (Lipinski definition) is 4. The van der Waals surface area contributed by atoms with Gasteiger partial charge in [-0.3, -0.25) is 9.59 Å². The fourth-order valence-electron chi connectivity index (χ4n) is 2.22. The molecule has 2 aromatic carbocycles. The zero-order valence-corrected chi connectivity index (χ0v) is 14.4. The molecule has 25 heavy (non-hydrogen) atoms. The Morgan fingerprint density at radius 3 is 2.32 bits per heavy atom. The summed E-state index contributed by atoms with van der Waals surface area (Å²) in [4.78, 5) is 28.8. The van der Waals surface area contributed by atoms with Crippen LogP contribution in [0.5, 0.6) is 0 Å². The average molecular weight is 351 g/mol. The lowest BCUT2D eigenvalue weighted by molar-refractivity contribution is -0.117. The van der Waals surface area contributed by atoms with Gasteiger partial charge >= 0.3 is 0 Å². The highest BCUT2D eigenvalue weighted by Crippen LogP contribution is 2.24. The number of carbonyl (C=O) groups is 2. The number of benzene rings is 2. The predicted octanol–water partition coefficient (Wildman–Crippen LogP) is 3.57. The van der Waals surface area contributed by atoms with Crippen molar-refractivity contribution in [3.8, 4) is 11.3 Å². The number of rotatable bonds is 5. The lowest BCUT2D eigenvalue weighted by Gasteiger charge is -2.12. The molecule has 3 rings (SSSR count). The topological polar surface area (TPSA) is 71.1 Å². The van der Waals surface area contributed by atoms with Gasteiger partial charge in [0.15, 0.2) is 5.13 Å². The Hall–Kier alpha value is -2.99. The van der Waals surface area contributed by atoms with Crippen molar-refractivity contribution in [3.05, 3.63) is 71.6 Å². The Labute approximate surface area is 149 Å². The van der Waals surface area contributed by atoms with E-state index in [9.17, 15) is 9.59 Å². The summed E-state index contributed by atoms with van der Waals surface area (Å²) < 4.78 is 0. The first-order chi connectivity index (χ1) is 12.1. The van der Waals surface area contributed by atoms with Crippen LogP contribution in [-0.4, -0.2) is 22.8 Å². The van der Waals surface area contributed by atoms with E-state index >= 15 is 0 Å². The molecule has 2 amide bonds. The van der Waals surface area contributed by atoms with E-state index in [2.05, 4.69) is 15.6 Å². The molecule has 0 aliphatic rings. The van der Waals surface area contributed by atoms with Crippen LogP contribution in [0.3, 0.4) is 0 Å². The van der Waals surface area contributed by atoms with Crippen LogP contribution in [0.4, 0.5) is 5.13 Å². The van der Waals surface area contributed by atoms with E-state index in [4.69, 9.17) is 0 Å². The zero-order valence-electron chi connectivity index (χ0n) is 13.6. The summed E-state index contributed by atoms with van der Waals surface area (Å²) in [5, 5.41) is 7.81. The van der Waals surface area contributed by atoms with E-state index in [0.29, 0.717) is 10.7 Å². The highest BCUT2D eigenvalue weighted by molar-refractivity contribution is 7.14. The first-order valence-corrected chi connectivity index (χ1v) is 8.69. The third-order valence-corrected chi connectivity index (χ3v) is 4.34. The molecule has 0 fully saturated rings. The molecule has 1 atom stereocenters. The molecule has 0 aliphatic carbocycles. The van der Waals surface area contributed by atoms with Crippen molar-refractivity contribution in [2.24, 2.45) is 0 Å². The highest BCUT2D eigenvalue weighted by Gasteiger charge is 2.18. The molecule has 5 nitrogen and oxygen atoms in total. The quantitative estimate of drug-likeness (QED) is 0.738. The SMILES string of the molecule is CC(NC(=O)c1ccccc1)C(=O)Nc1nc(-c2ccccc2)cs1. The smallest absolute Gasteiger partial charge is 0.251 e. The molecule has 6 heteroatoms. The molecule has 0 saturated carbocycles. The maximum atomic E-state index is 12.3. The maximum absolute atomic E-state index is 12.3. The number of thiazole rings is 1. The van der Waals surface area contributed by atoms with Crippen LogP contribution < -0.4 is 10.6 Å². The molecular formula is C19H17N3O2S. The molecule has 3 aromatic rings. The Balaban J connectivity index is 1.60. The zero-order chi connectivity index (χ0) is 17.6. The first-order valence-electron chi connectivity index (χ1n) is 7.81. The van der Waals surface area contributed by atoms with E-state index in [1.165, 1.54) is 11.3 Å². The van der Waals surface area contributed by atoms with Crippen molar-refractivity contribution in [1.29, 1.82) is 0 Å². The first kappa shape index (κ1) is 16.9. The van der Waals surface area contributed by atoms with Gasteiger partial charge in [0.1, 0.15) is 6.04 Å². The summed E-state index contributed by atoms with van der Waals surface area (Å²) in [6.45, 7) is 1.64. The number of nitrogens with one attached hydrogen (secondary N) is 2. The normalized spacial score (nSPS) is 11.6. The lowest BCUT2D eigenvalue weighted by atomic mass is 10.2. The Morgan fingerprint density at radius 1 is 1.00 bits per heavy atom. The minimum absolute atomic E-state index is 0.285. The van der Waals surface area contributed by atoms with Gasteiger partial charge < -0.3 is 10.6 Å². The lowest BCUT2D eigenvalue weighted by Crippen LogP contribution is -2.41. The van der Waals surface area contributed by atoms with E-state index in [1.54, 1.807) is 31.2 Å². The number of amides is 2. The van der Waals surface area contributed by atoms with Crippen molar-refractivity contribution in [1.82, 2.24) is 10.3 Å². The second kappa shape index (κ2) is 7.72. The van der Waals surface area contributed by atoms with Gasteiger partial charge in [0.2, 0.25) is 5.91 Å². The van der Waals surface area contributed by atoms with Crippen LogP contribution in [0.15, 0.2) is 66.0 Å². The summed E-state index contributed by atoms with van der Waals surface area (Å²) >= 11 is 1.35. The van der Waals surface area contributed by atoms with Crippen LogP contribution in [0, 0.1) is 0 Å². The fraction of sp³-hybridized carbons (Fsp3) is 0.105. The second-order valence-corrected chi connectivity index (χ2v) is 6.31. The molecule has 2 N–H and O–H groups in total. The number of anilines is 1. The van der Waals surface area contributed by atoms with Gasteiger partial charge in [0, 0.05) is 16.5 Å². The maximum Gasteiger partial charge on any atom is 0.251 e. The van der Waals surface area contributed by atoms with Crippen molar-refractivity contribution < 1.29 is 9.59 Å². The van der Waals surface area contributed by atoms with Gasteiger partial charge in [0.05, 0.1) is 5.69 Å². The summed E-state index contributed by atoms with van der Waals surface area (Å²) in [6.07, 6.45) is 0. The number of hydrogen-bond donors (Lipinski definition) is 2. The third-order valence-electron chi connectivity index (χ3n) is 3.58. The Morgan fingerprint density at radius 2 is 1.64 bits per heavy atom. The molecule has 0 radical (unpaired) electrons. The van der Waals surface area contributed by atoms with Gasteiger partial charge in [-0.15, -0.1) is 11.3 Å². The standard InChI is InChI=1S/C19H17N3O2S/c1-13(20-18(24)15-10-6-3-7-11-15)17(23)22-19-21-16(12-25-19)14-8-4-2-5-9-14/h2-13H,1H3,(H,20,24)(H,21,22,23). The predicted molar refractivity (Wildman–Crippen MR) is 99.5 cm³/mol. The molecule has 1 aromatic heterocycles. The van der Waals surface area contributed by atoms with E-state index < -0.39 is 6.04 Å². The largest absolute Gasteiger partial charge is 0.341 e. The van der Waals surface area contributed by atoms with Crippen molar-refractivity contribution in [3.63, 3.8) is 0 Å². The molecule has 126 valence electrons. The summed E-state index contributed by atoms with van der Waals surface area (Å²) in [5.74, 6) is -0.592. The number of aromatic nitrogens is 1. The van der Waals surface area contributed by atoms with Crippen LogP contribution in [-0.2, 0) is 4.79 Å². The number of carbonyl (C=O) groups excluding carboxylic acids is 2. The van der Waals surface area contributed by atoms with Crippen molar-refractivity contribution >= 4 is 28.3 Å². The highest BCUT2D eigenvalue weighted by atomic mass is 32.1. The molecule has 0 bridgehead atoms. The van der Waals surface area contributed by atoms with E-state index in [1.807, 2.05) is 41.8 Å². The molecular weight excluding hydrogens is 334 g/mol. The molecule has 1 heterocycles. The Bertz CT molecular complexity index is 863. The monoisotopic (exact) mass is 351 g/mol. The van der Waals surface area contributed by atoms with Gasteiger partial charge in [-0.05, 0) is 19.1 Å². The molecule has 1 unspecified atom stereocenters. The van der Waals surface area contributed by atoms with E-state index in [-0.39, 0.29) is 11.8 Å². The van der Waals surface area contributed by atoms with Crippen LogP contribution in [0.2, 0.25) is 0 Å². The van der Waals surface area contributed by atoms with Crippen LogP contribution in [0.1, 0.15) is 17.3 Å².